The van der Waals surface area contributed by atoms with Crippen LogP contribution in [0.3, 0.4) is 0 Å². The fourth-order valence-electron chi connectivity index (χ4n) is 4.13. The monoisotopic (exact) mass is 294 g/mol. The van der Waals surface area contributed by atoms with Gasteiger partial charge in [-0.1, -0.05) is 6.42 Å². The predicted molar refractivity (Wildman–Crippen MR) is 78.6 cm³/mol. The minimum absolute atomic E-state index is 0.106. The van der Waals surface area contributed by atoms with Crippen LogP contribution in [0.4, 0.5) is 0 Å². The van der Waals surface area contributed by atoms with Crippen molar-refractivity contribution < 1.29 is 14.3 Å². The lowest BCUT2D eigenvalue weighted by Gasteiger charge is -2.61. The number of hydrogen-bond acceptors (Lipinski definition) is 3. The van der Waals surface area contributed by atoms with E-state index in [9.17, 15) is 9.59 Å². The summed E-state index contributed by atoms with van der Waals surface area (Å²) in [6, 6.07) is 0.182. The van der Waals surface area contributed by atoms with Crippen molar-refractivity contribution in [1.29, 1.82) is 0 Å². The number of carbonyl (C=O) groups is 2. The maximum Gasteiger partial charge on any atom is 0.235 e. The molecule has 0 aromatic rings. The topological polar surface area (TPSA) is 67.4 Å². The molecule has 5 nitrogen and oxygen atoms in total. The summed E-state index contributed by atoms with van der Waals surface area (Å²) in [5.41, 5.74) is -0.757. The maximum absolute atomic E-state index is 12.6. The Morgan fingerprint density at radius 3 is 2.71 bits per heavy atom. The summed E-state index contributed by atoms with van der Waals surface area (Å²) < 4.78 is 5.81. The van der Waals surface area contributed by atoms with Gasteiger partial charge in [-0.3, -0.25) is 9.59 Å². The van der Waals surface area contributed by atoms with Gasteiger partial charge in [0.1, 0.15) is 5.41 Å². The summed E-state index contributed by atoms with van der Waals surface area (Å²) >= 11 is 0. The zero-order valence-electron chi connectivity index (χ0n) is 13.0. The Kier molecular flexibility index (Phi) is 3.72. The smallest absolute Gasteiger partial charge is 0.235 e. The van der Waals surface area contributed by atoms with E-state index < -0.39 is 5.41 Å². The van der Waals surface area contributed by atoms with Crippen molar-refractivity contribution in [1.82, 2.24) is 10.6 Å². The average Bonchev–Trinajstić information content (AvgIpc) is 2.38. The molecule has 3 aliphatic rings. The molecule has 1 spiro atoms. The van der Waals surface area contributed by atoms with Crippen LogP contribution in [0.1, 0.15) is 52.4 Å². The van der Waals surface area contributed by atoms with Crippen molar-refractivity contribution in [2.45, 2.75) is 64.5 Å². The number of nitrogens with one attached hydrogen (secondary N) is 2. The van der Waals surface area contributed by atoms with Crippen LogP contribution in [0.2, 0.25) is 0 Å². The number of amides is 2. The number of rotatable bonds is 4. The SMILES string of the molecule is CCOC1CC(NC(=O)C2(C)CCCNC2=O)C12CCC2. The molecular weight excluding hydrogens is 268 g/mol. The molecule has 1 heterocycles. The highest BCUT2D eigenvalue weighted by Gasteiger charge is 2.60. The molecule has 2 amide bonds. The van der Waals surface area contributed by atoms with Crippen LogP contribution in [0.25, 0.3) is 0 Å². The highest BCUT2D eigenvalue weighted by Crippen LogP contribution is 2.57. The molecule has 2 saturated carbocycles. The first kappa shape index (κ1) is 14.8. The normalized spacial score (nSPS) is 37.3. The van der Waals surface area contributed by atoms with Crippen LogP contribution in [0.15, 0.2) is 0 Å². The van der Waals surface area contributed by atoms with Gasteiger partial charge in [-0.05, 0) is 46.0 Å². The van der Waals surface area contributed by atoms with Crippen LogP contribution >= 0.6 is 0 Å². The highest BCUT2D eigenvalue weighted by atomic mass is 16.5. The second-order valence-electron chi connectivity index (χ2n) is 6.98. The van der Waals surface area contributed by atoms with Gasteiger partial charge < -0.3 is 15.4 Å². The molecule has 1 saturated heterocycles. The third kappa shape index (κ3) is 2.17. The molecule has 0 bridgehead atoms. The lowest BCUT2D eigenvalue weighted by molar-refractivity contribution is -0.178. The first-order valence-corrected chi connectivity index (χ1v) is 8.24. The van der Waals surface area contributed by atoms with Gasteiger partial charge in [-0.2, -0.15) is 0 Å². The second kappa shape index (κ2) is 5.27. The molecule has 21 heavy (non-hydrogen) atoms. The molecule has 5 heteroatoms. The summed E-state index contributed by atoms with van der Waals surface area (Å²) in [6.07, 6.45) is 6.16. The third-order valence-electron chi connectivity index (χ3n) is 5.88. The minimum Gasteiger partial charge on any atom is -0.378 e. The molecule has 0 radical (unpaired) electrons. The third-order valence-corrected chi connectivity index (χ3v) is 5.88. The van der Waals surface area contributed by atoms with Gasteiger partial charge >= 0.3 is 0 Å². The summed E-state index contributed by atoms with van der Waals surface area (Å²) in [5.74, 6) is -0.236. The molecule has 0 aromatic heterocycles. The number of hydrogen-bond donors (Lipinski definition) is 2. The van der Waals surface area contributed by atoms with Crippen LogP contribution in [0.5, 0.6) is 0 Å². The van der Waals surface area contributed by atoms with Crippen molar-refractivity contribution in [3.05, 3.63) is 0 Å². The lowest BCUT2D eigenvalue weighted by Crippen LogP contribution is -2.69. The van der Waals surface area contributed by atoms with E-state index in [1.165, 1.54) is 6.42 Å². The van der Waals surface area contributed by atoms with E-state index in [4.69, 9.17) is 4.74 Å². The molecule has 0 aromatic carbocycles. The Bertz CT molecular complexity index is 447. The molecule has 3 rings (SSSR count). The fourth-order valence-corrected chi connectivity index (χ4v) is 4.13. The van der Waals surface area contributed by atoms with Crippen molar-refractivity contribution >= 4 is 11.8 Å². The Labute approximate surface area is 126 Å². The highest BCUT2D eigenvalue weighted by molar-refractivity contribution is 6.05. The van der Waals surface area contributed by atoms with Gasteiger partial charge in [0.15, 0.2) is 0 Å². The van der Waals surface area contributed by atoms with E-state index >= 15 is 0 Å². The number of piperidine rings is 1. The van der Waals surface area contributed by atoms with Crippen molar-refractivity contribution in [3.8, 4) is 0 Å². The molecule has 2 aliphatic carbocycles. The zero-order chi connectivity index (χ0) is 15.1. The van der Waals surface area contributed by atoms with Gasteiger partial charge in [-0.15, -0.1) is 0 Å². The molecule has 2 N–H and O–H groups in total. The first-order valence-electron chi connectivity index (χ1n) is 8.24. The van der Waals surface area contributed by atoms with Crippen molar-refractivity contribution in [2.75, 3.05) is 13.2 Å². The second-order valence-corrected chi connectivity index (χ2v) is 6.98. The number of ether oxygens (including phenoxy) is 1. The van der Waals surface area contributed by atoms with Gasteiger partial charge in [0.25, 0.3) is 0 Å². The molecule has 118 valence electrons. The van der Waals surface area contributed by atoms with Crippen LogP contribution in [-0.4, -0.2) is 37.1 Å². The Balaban J connectivity index is 1.64. The van der Waals surface area contributed by atoms with E-state index in [-0.39, 0.29) is 29.4 Å². The molecule has 3 unspecified atom stereocenters. The quantitative estimate of drug-likeness (QED) is 0.770. The first-order chi connectivity index (χ1) is 10.0. The van der Waals surface area contributed by atoms with E-state index in [0.29, 0.717) is 13.0 Å². The van der Waals surface area contributed by atoms with E-state index in [1.54, 1.807) is 6.92 Å². The van der Waals surface area contributed by atoms with E-state index in [0.717, 1.165) is 32.3 Å². The predicted octanol–water partition coefficient (Wildman–Crippen LogP) is 1.37. The van der Waals surface area contributed by atoms with Gasteiger partial charge in [0.2, 0.25) is 11.8 Å². The van der Waals surface area contributed by atoms with Crippen molar-refractivity contribution in [3.63, 3.8) is 0 Å². The maximum atomic E-state index is 12.6. The fraction of sp³-hybridized carbons (Fsp3) is 0.875. The van der Waals surface area contributed by atoms with E-state index in [1.807, 2.05) is 6.92 Å². The van der Waals surface area contributed by atoms with Crippen molar-refractivity contribution in [2.24, 2.45) is 10.8 Å². The van der Waals surface area contributed by atoms with Crippen LogP contribution < -0.4 is 10.6 Å². The van der Waals surface area contributed by atoms with Crippen LogP contribution in [-0.2, 0) is 14.3 Å². The average molecular weight is 294 g/mol. The molecule has 3 atom stereocenters. The molecule has 1 aliphatic heterocycles. The zero-order valence-corrected chi connectivity index (χ0v) is 13.0. The standard InChI is InChI=1S/C16H26N2O3/c1-3-21-12-10-11(16(12)7-4-8-16)18-14(20)15(2)6-5-9-17-13(15)19/h11-12H,3-10H2,1-2H3,(H,17,19)(H,18,20). The minimum atomic E-state index is -0.903. The summed E-state index contributed by atoms with van der Waals surface area (Å²) in [7, 11) is 0. The summed E-state index contributed by atoms with van der Waals surface area (Å²) in [5, 5.41) is 5.97. The summed E-state index contributed by atoms with van der Waals surface area (Å²) in [6.45, 7) is 5.20. The Morgan fingerprint density at radius 1 is 1.38 bits per heavy atom. The Morgan fingerprint density at radius 2 is 2.14 bits per heavy atom. The van der Waals surface area contributed by atoms with E-state index in [2.05, 4.69) is 10.6 Å². The largest absolute Gasteiger partial charge is 0.378 e. The number of carbonyl (C=O) groups excluding carboxylic acids is 2. The molecule has 3 fully saturated rings. The van der Waals surface area contributed by atoms with Gasteiger partial charge in [-0.25, -0.2) is 0 Å². The Hall–Kier alpha value is -1.10. The molecular formula is C16H26N2O3. The lowest BCUT2D eigenvalue weighted by atomic mass is 9.51. The van der Waals surface area contributed by atoms with Gasteiger partial charge in [0, 0.05) is 24.6 Å². The van der Waals surface area contributed by atoms with Gasteiger partial charge in [0.05, 0.1) is 6.10 Å². The summed E-state index contributed by atoms with van der Waals surface area (Å²) in [4.78, 5) is 24.7. The van der Waals surface area contributed by atoms with Crippen LogP contribution in [0, 0.1) is 10.8 Å².